The molecular weight excluding hydrogens is 405 g/mol. The summed E-state index contributed by atoms with van der Waals surface area (Å²) in [6, 6.07) is 5.90. The fourth-order valence-corrected chi connectivity index (χ4v) is 4.23. The number of ketones is 1. The Morgan fingerprint density at radius 3 is 2.77 bits per heavy atom. The largest absolute Gasteiger partial charge is 0.480 e. The second kappa shape index (κ2) is 8.73. The highest BCUT2D eigenvalue weighted by atomic mass is 32.1. The summed E-state index contributed by atoms with van der Waals surface area (Å²) < 4.78 is 16.1. The van der Waals surface area contributed by atoms with Crippen molar-refractivity contribution >= 4 is 30.5 Å². The lowest BCUT2D eigenvalue weighted by Gasteiger charge is -2.37. The Morgan fingerprint density at radius 2 is 2.07 bits per heavy atom. The maximum absolute atomic E-state index is 14.6. The van der Waals surface area contributed by atoms with E-state index in [0.717, 1.165) is 24.8 Å². The minimum atomic E-state index is -0.936. The second-order valence-corrected chi connectivity index (χ2v) is 8.58. The number of hydrogen-bond donors (Lipinski definition) is 2. The van der Waals surface area contributed by atoms with Gasteiger partial charge < -0.3 is 9.67 Å². The highest BCUT2D eigenvalue weighted by Gasteiger charge is 2.40. The van der Waals surface area contributed by atoms with Crippen molar-refractivity contribution in [1.82, 2.24) is 14.5 Å². The van der Waals surface area contributed by atoms with Crippen LogP contribution in [0.1, 0.15) is 36.6 Å². The summed E-state index contributed by atoms with van der Waals surface area (Å²) in [7, 11) is 0. The number of piperidine rings is 1. The van der Waals surface area contributed by atoms with Crippen LogP contribution in [0.2, 0.25) is 0 Å². The average molecular weight is 430 g/mol. The van der Waals surface area contributed by atoms with Gasteiger partial charge in [0.1, 0.15) is 12.4 Å². The molecule has 0 radical (unpaired) electrons. The van der Waals surface area contributed by atoms with Crippen LogP contribution in [0.25, 0.3) is 6.08 Å². The van der Waals surface area contributed by atoms with Crippen molar-refractivity contribution in [3.8, 4) is 0 Å². The molecule has 8 heteroatoms. The lowest BCUT2D eigenvalue weighted by atomic mass is 9.93. The summed E-state index contributed by atoms with van der Waals surface area (Å²) in [6.45, 7) is 0.978. The maximum Gasteiger partial charge on any atom is 0.323 e. The van der Waals surface area contributed by atoms with Gasteiger partial charge >= 0.3 is 5.97 Å². The Hall–Kier alpha value is -2.45. The van der Waals surface area contributed by atoms with Crippen molar-refractivity contribution in [3.63, 3.8) is 0 Å². The van der Waals surface area contributed by atoms with E-state index in [1.807, 2.05) is 11.0 Å². The molecule has 0 spiro atoms. The molecule has 0 bridgehead atoms. The normalized spacial score (nSPS) is 22.2. The topological polar surface area (TPSA) is 75.4 Å². The molecule has 1 aromatic carbocycles. The van der Waals surface area contributed by atoms with Crippen LogP contribution in [0.15, 0.2) is 42.4 Å². The summed E-state index contributed by atoms with van der Waals surface area (Å²) in [5.41, 5.74) is 2.05. The molecule has 158 valence electrons. The van der Waals surface area contributed by atoms with Gasteiger partial charge in [-0.2, -0.15) is 12.6 Å². The molecule has 2 heterocycles. The lowest BCUT2D eigenvalue weighted by Crippen LogP contribution is -2.42. The van der Waals surface area contributed by atoms with E-state index in [1.165, 1.54) is 17.0 Å². The quantitative estimate of drug-likeness (QED) is 0.661. The van der Waals surface area contributed by atoms with E-state index in [1.54, 1.807) is 24.4 Å². The van der Waals surface area contributed by atoms with Gasteiger partial charge in [-0.05, 0) is 37.0 Å². The zero-order valence-corrected chi connectivity index (χ0v) is 17.3. The number of likely N-dealkylation sites (tertiary alicyclic amines) is 1. The molecule has 2 aliphatic rings. The smallest absolute Gasteiger partial charge is 0.323 e. The molecule has 0 amide bonds. The number of Topliss-reactive ketones (excluding diaryl/α,β-unsaturated/α-hetero) is 1. The van der Waals surface area contributed by atoms with Crippen molar-refractivity contribution < 1.29 is 19.1 Å². The van der Waals surface area contributed by atoms with E-state index < -0.39 is 12.0 Å². The molecular formula is C22H24FN3O3S. The number of carbonyl (C=O) groups excluding carboxylic acids is 1. The standard InChI is InChI=1S/C22H24FN3O3S/c23-18-4-2-1-3-17(18)21(22(29)14-5-6-14)26-8-7-19(30)15(10-26)9-16-11-25(13-24-16)12-20(27)28/h1-4,9,11,13-14,19,21,30H,5-8,10,12H2,(H,27,28)/b15-9+. The van der Waals surface area contributed by atoms with Crippen LogP contribution >= 0.6 is 12.6 Å². The molecule has 1 aromatic heterocycles. The maximum atomic E-state index is 14.6. The van der Waals surface area contributed by atoms with Crippen LogP contribution < -0.4 is 0 Å². The van der Waals surface area contributed by atoms with Crippen LogP contribution in [-0.4, -0.2) is 49.6 Å². The number of carboxylic acids is 1. The Balaban J connectivity index is 1.60. The minimum absolute atomic E-state index is 0.00294. The van der Waals surface area contributed by atoms with E-state index in [-0.39, 0.29) is 29.3 Å². The fraction of sp³-hybridized carbons (Fsp3) is 0.409. The average Bonchev–Trinajstić information content (AvgIpc) is 3.47. The van der Waals surface area contributed by atoms with E-state index >= 15 is 0 Å². The van der Waals surface area contributed by atoms with Crippen LogP contribution in [0, 0.1) is 11.7 Å². The van der Waals surface area contributed by atoms with Crippen LogP contribution in [-0.2, 0) is 16.1 Å². The van der Waals surface area contributed by atoms with Gasteiger partial charge in [0, 0.05) is 36.0 Å². The molecule has 1 aliphatic heterocycles. The monoisotopic (exact) mass is 429 g/mol. The first-order valence-electron chi connectivity index (χ1n) is 10.1. The Bertz CT molecular complexity index is 986. The SMILES string of the molecule is O=C(O)Cn1cnc(/C=C2\CN(C(C(=O)C3CC3)c3ccccc3F)CCC2S)c1. The van der Waals surface area contributed by atoms with Crippen LogP contribution in [0.3, 0.4) is 0 Å². The predicted molar refractivity (Wildman–Crippen MR) is 114 cm³/mol. The van der Waals surface area contributed by atoms with Crippen molar-refractivity contribution in [3.05, 3.63) is 59.4 Å². The van der Waals surface area contributed by atoms with Crippen molar-refractivity contribution in [1.29, 1.82) is 0 Å². The predicted octanol–water partition coefficient (Wildman–Crippen LogP) is 3.21. The van der Waals surface area contributed by atoms with Crippen molar-refractivity contribution in [2.45, 2.75) is 37.1 Å². The summed E-state index contributed by atoms with van der Waals surface area (Å²) in [5, 5.41) is 8.93. The van der Waals surface area contributed by atoms with Gasteiger partial charge in [-0.1, -0.05) is 18.2 Å². The number of benzene rings is 1. The molecule has 2 atom stereocenters. The molecule has 30 heavy (non-hydrogen) atoms. The molecule has 2 aromatic rings. The summed E-state index contributed by atoms with van der Waals surface area (Å²) >= 11 is 4.69. The number of rotatable bonds is 7. The highest BCUT2D eigenvalue weighted by Crippen LogP contribution is 2.39. The molecule has 2 fully saturated rings. The number of nitrogens with zero attached hydrogens (tertiary/aromatic N) is 3. The molecule has 6 nitrogen and oxygen atoms in total. The molecule has 2 unspecified atom stereocenters. The van der Waals surface area contributed by atoms with Gasteiger partial charge in [0.05, 0.1) is 18.1 Å². The van der Waals surface area contributed by atoms with Gasteiger partial charge in [0.25, 0.3) is 0 Å². The highest BCUT2D eigenvalue weighted by molar-refractivity contribution is 7.81. The van der Waals surface area contributed by atoms with Crippen LogP contribution in [0.4, 0.5) is 4.39 Å². The number of carbonyl (C=O) groups is 2. The first kappa shape index (κ1) is 20.8. The first-order valence-corrected chi connectivity index (χ1v) is 10.6. The molecule has 4 rings (SSSR count). The summed E-state index contributed by atoms with van der Waals surface area (Å²) in [5.74, 6) is -1.19. The zero-order chi connectivity index (χ0) is 21.3. The van der Waals surface area contributed by atoms with Crippen molar-refractivity contribution in [2.24, 2.45) is 5.92 Å². The van der Waals surface area contributed by atoms with Gasteiger partial charge in [-0.3, -0.25) is 14.5 Å². The van der Waals surface area contributed by atoms with E-state index in [0.29, 0.717) is 24.3 Å². The second-order valence-electron chi connectivity index (χ2n) is 7.96. The molecule has 1 N–H and O–H groups in total. The number of halogens is 1. The Kier molecular flexibility index (Phi) is 6.06. The fourth-order valence-electron chi connectivity index (χ4n) is 3.96. The third-order valence-corrected chi connectivity index (χ3v) is 6.21. The summed E-state index contributed by atoms with van der Waals surface area (Å²) in [4.78, 5) is 30.3. The Labute approximate surface area is 179 Å². The van der Waals surface area contributed by atoms with E-state index in [4.69, 9.17) is 5.11 Å². The van der Waals surface area contributed by atoms with Gasteiger partial charge in [-0.15, -0.1) is 0 Å². The van der Waals surface area contributed by atoms with Gasteiger partial charge in [-0.25, -0.2) is 9.37 Å². The number of carboxylic acid groups (broad SMARTS) is 1. The molecule has 1 saturated heterocycles. The first-order chi connectivity index (χ1) is 14.4. The van der Waals surface area contributed by atoms with Gasteiger partial charge in [0.15, 0.2) is 5.78 Å². The van der Waals surface area contributed by atoms with E-state index in [9.17, 15) is 14.0 Å². The number of aromatic nitrogens is 2. The minimum Gasteiger partial charge on any atom is -0.480 e. The number of thiol groups is 1. The van der Waals surface area contributed by atoms with Crippen LogP contribution in [0.5, 0.6) is 0 Å². The summed E-state index contributed by atoms with van der Waals surface area (Å²) in [6.07, 6.45) is 7.51. The van der Waals surface area contributed by atoms with Gasteiger partial charge in [0.2, 0.25) is 0 Å². The Morgan fingerprint density at radius 1 is 1.30 bits per heavy atom. The third-order valence-electron chi connectivity index (χ3n) is 5.62. The number of imidazole rings is 1. The van der Waals surface area contributed by atoms with Crippen molar-refractivity contribution in [2.75, 3.05) is 13.1 Å². The number of aliphatic carboxylic acids is 1. The molecule has 1 saturated carbocycles. The third kappa shape index (κ3) is 4.65. The van der Waals surface area contributed by atoms with E-state index in [2.05, 4.69) is 17.6 Å². The molecule has 1 aliphatic carbocycles. The zero-order valence-electron chi connectivity index (χ0n) is 16.4. The lowest BCUT2D eigenvalue weighted by molar-refractivity contribution is -0.137. The number of hydrogen-bond acceptors (Lipinski definition) is 5.